The van der Waals surface area contributed by atoms with Crippen LogP contribution in [0.4, 0.5) is 0 Å². The van der Waals surface area contributed by atoms with E-state index >= 15 is 0 Å². The molecule has 1 aromatic rings. The van der Waals surface area contributed by atoms with E-state index in [4.69, 9.17) is 17.3 Å². The van der Waals surface area contributed by atoms with E-state index in [-0.39, 0.29) is 6.04 Å². The van der Waals surface area contributed by atoms with Crippen molar-refractivity contribution < 1.29 is 0 Å². The van der Waals surface area contributed by atoms with Gasteiger partial charge in [-0.05, 0) is 36.5 Å². The largest absolute Gasteiger partial charge is 0.324 e. The molecule has 0 spiro atoms. The molecule has 1 aliphatic carbocycles. The third-order valence-electron chi connectivity index (χ3n) is 3.89. The van der Waals surface area contributed by atoms with Gasteiger partial charge in [0, 0.05) is 11.1 Å². The number of hydrogen-bond acceptors (Lipinski definition) is 1. The highest BCUT2D eigenvalue weighted by Gasteiger charge is 2.20. The van der Waals surface area contributed by atoms with Gasteiger partial charge in [0.1, 0.15) is 0 Å². The Morgan fingerprint density at radius 1 is 1.06 bits per heavy atom. The third-order valence-corrected chi connectivity index (χ3v) is 4.13. The predicted octanol–water partition coefficient (Wildman–Crippen LogP) is 4.70. The van der Waals surface area contributed by atoms with Gasteiger partial charge in [0.2, 0.25) is 0 Å². The summed E-state index contributed by atoms with van der Waals surface area (Å²) >= 11 is 6.03. The van der Waals surface area contributed by atoms with Gasteiger partial charge >= 0.3 is 0 Å². The molecule has 0 aromatic heterocycles. The predicted molar refractivity (Wildman–Crippen MR) is 74.2 cm³/mol. The van der Waals surface area contributed by atoms with E-state index in [0.717, 1.165) is 5.02 Å². The van der Waals surface area contributed by atoms with Crippen LogP contribution in [0.5, 0.6) is 0 Å². The second-order valence-corrected chi connectivity index (χ2v) is 5.62. The molecule has 1 saturated carbocycles. The first-order chi connectivity index (χ1) is 8.27. The van der Waals surface area contributed by atoms with Gasteiger partial charge in [-0.25, -0.2) is 0 Å². The second-order valence-electron chi connectivity index (χ2n) is 5.19. The van der Waals surface area contributed by atoms with Gasteiger partial charge in [0.05, 0.1) is 0 Å². The lowest BCUT2D eigenvalue weighted by Crippen LogP contribution is -2.22. The molecule has 0 amide bonds. The van der Waals surface area contributed by atoms with E-state index in [1.54, 1.807) is 0 Å². The Hall–Kier alpha value is -0.530. The summed E-state index contributed by atoms with van der Waals surface area (Å²) in [7, 11) is 0. The van der Waals surface area contributed by atoms with E-state index in [9.17, 15) is 0 Å². The highest BCUT2D eigenvalue weighted by atomic mass is 35.5. The molecule has 0 heterocycles. The molecule has 94 valence electrons. The van der Waals surface area contributed by atoms with Crippen LogP contribution in [0.3, 0.4) is 0 Å². The van der Waals surface area contributed by atoms with Crippen molar-refractivity contribution in [1.29, 1.82) is 0 Å². The van der Waals surface area contributed by atoms with Crippen LogP contribution < -0.4 is 5.73 Å². The number of halogens is 1. The van der Waals surface area contributed by atoms with Crippen LogP contribution in [-0.2, 0) is 0 Å². The van der Waals surface area contributed by atoms with Crippen molar-refractivity contribution >= 4 is 11.6 Å². The fourth-order valence-corrected chi connectivity index (χ4v) is 3.03. The van der Waals surface area contributed by atoms with Crippen molar-refractivity contribution in [2.45, 2.75) is 51.0 Å². The molecule has 0 aliphatic heterocycles. The van der Waals surface area contributed by atoms with E-state index in [1.807, 2.05) is 18.2 Å². The first-order valence-electron chi connectivity index (χ1n) is 6.78. The van der Waals surface area contributed by atoms with Gasteiger partial charge < -0.3 is 5.73 Å². The summed E-state index contributed by atoms with van der Waals surface area (Å²) in [5.74, 6) is 0.633. The van der Waals surface area contributed by atoms with E-state index < -0.39 is 0 Å². The van der Waals surface area contributed by atoms with Crippen LogP contribution in [0.1, 0.15) is 56.6 Å². The molecule has 2 rings (SSSR count). The quantitative estimate of drug-likeness (QED) is 0.810. The Bertz CT molecular complexity index is 343. The van der Waals surface area contributed by atoms with Crippen LogP contribution >= 0.6 is 11.6 Å². The Labute approximate surface area is 109 Å². The van der Waals surface area contributed by atoms with Crippen LogP contribution in [0.2, 0.25) is 5.02 Å². The fraction of sp³-hybridized carbons (Fsp3) is 0.600. The zero-order valence-electron chi connectivity index (χ0n) is 10.4. The Morgan fingerprint density at radius 2 is 1.71 bits per heavy atom. The molecule has 1 aliphatic rings. The van der Waals surface area contributed by atoms with Crippen molar-refractivity contribution in [3.63, 3.8) is 0 Å². The minimum absolute atomic E-state index is 0.159. The summed E-state index contributed by atoms with van der Waals surface area (Å²) in [4.78, 5) is 0. The SMILES string of the molecule is NC(c1cccc(Cl)c1)C1CCCCCCC1. The van der Waals surface area contributed by atoms with E-state index in [1.165, 1.54) is 50.5 Å². The average molecular weight is 252 g/mol. The van der Waals surface area contributed by atoms with Crippen molar-refractivity contribution in [3.05, 3.63) is 34.9 Å². The number of rotatable bonds is 2. The maximum absolute atomic E-state index is 6.40. The Kier molecular flexibility index (Phi) is 4.87. The summed E-state index contributed by atoms with van der Waals surface area (Å²) in [5, 5.41) is 0.795. The van der Waals surface area contributed by atoms with Gasteiger partial charge in [-0.2, -0.15) is 0 Å². The fourth-order valence-electron chi connectivity index (χ4n) is 2.83. The first-order valence-corrected chi connectivity index (χ1v) is 7.16. The number of benzene rings is 1. The monoisotopic (exact) mass is 251 g/mol. The molecule has 2 N–H and O–H groups in total. The maximum Gasteiger partial charge on any atom is 0.0409 e. The van der Waals surface area contributed by atoms with Gasteiger partial charge in [0.25, 0.3) is 0 Å². The van der Waals surface area contributed by atoms with Crippen LogP contribution in [0.15, 0.2) is 24.3 Å². The molecule has 0 radical (unpaired) electrons. The van der Waals surface area contributed by atoms with Crippen molar-refractivity contribution in [3.8, 4) is 0 Å². The molecular weight excluding hydrogens is 230 g/mol. The third kappa shape index (κ3) is 3.72. The van der Waals surface area contributed by atoms with Crippen molar-refractivity contribution in [1.82, 2.24) is 0 Å². The van der Waals surface area contributed by atoms with Gasteiger partial charge in [0.15, 0.2) is 0 Å². The second kappa shape index (κ2) is 6.42. The normalized spacial score (nSPS) is 20.6. The molecule has 2 heteroatoms. The summed E-state index contributed by atoms with van der Waals surface area (Å²) in [6, 6.07) is 8.20. The molecule has 1 unspecified atom stereocenters. The smallest absolute Gasteiger partial charge is 0.0409 e. The lowest BCUT2D eigenvalue weighted by Gasteiger charge is -2.26. The molecule has 17 heavy (non-hydrogen) atoms. The summed E-state index contributed by atoms with van der Waals surface area (Å²) in [5.41, 5.74) is 7.60. The molecule has 0 saturated heterocycles. The minimum Gasteiger partial charge on any atom is -0.324 e. The molecule has 1 fully saturated rings. The van der Waals surface area contributed by atoms with Crippen molar-refractivity contribution in [2.75, 3.05) is 0 Å². The van der Waals surface area contributed by atoms with E-state index in [0.29, 0.717) is 5.92 Å². The van der Waals surface area contributed by atoms with Crippen LogP contribution in [-0.4, -0.2) is 0 Å². The molecular formula is C15H22ClN. The van der Waals surface area contributed by atoms with Crippen molar-refractivity contribution in [2.24, 2.45) is 11.7 Å². The molecule has 0 bridgehead atoms. The maximum atomic E-state index is 6.40. The van der Waals surface area contributed by atoms with Gasteiger partial charge in [-0.3, -0.25) is 0 Å². The lowest BCUT2D eigenvalue weighted by atomic mass is 9.83. The highest BCUT2D eigenvalue weighted by Crippen LogP contribution is 2.32. The lowest BCUT2D eigenvalue weighted by molar-refractivity contribution is 0.327. The Balaban J connectivity index is 2.04. The molecule has 1 atom stereocenters. The van der Waals surface area contributed by atoms with Gasteiger partial charge in [-0.15, -0.1) is 0 Å². The first kappa shape index (κ1) is 12.9. The van der Waals surface area contributed by atoms with Gasteiger partial charge in [-0.1, -0.05) is 55.8 Å². The number of nitrogens with two attached hydrogens (primary N) is 1. The molecule has 1 aromatic carbocycles. The Morgan fingerprint density at radius 3 is 2.35 bits per heavy atom. The highest BCUT2D eigenvalue weighted by molar-refractivity contribution is 6.30. The summed E-state index contributed by atoms with van der Waals surface area (Å²) in [6.45, 7) is 0. The molecule has 1 nitrogen and oxygen atoms in total. The van der Waals surface area contributed by atoms with E-state index in [2.05, 4.69) is 6.07 Å². The average Bonchev–Trinajstić information content (AvgIpc) is 2.28. The van der Waals surface area contributed by atoms with Crippen LogP contribution in [0, 0.1) is 5.92 Å². The zero-order chi connectivity index (χ0) is 12.1. The number of hydrogen-bond donors (Lipinski definition) is 1. The topological polar surface area (TPSA) is 26.0 Å². The van der Waals surface area contributed by atoms with Crippen LogP contribution in [0.25, 0.3) is 0 Å². The standard InChI is InChI=1S/C15H22ClN/c16-14-10-6-9-13(11-14)15(17)12-7-4-2-1-3-5-8-12/h6,9-12,15H,1-5,7-8,17H2. The summed E-state index contributed by atoms with van der Waals surface area (Å²) in [6.07, 6.45) is 9.36. The minimum atomic E-state index is 0.159. The zero-order valence-corrected chi connectivity index (χ0v) is 11.1. The summed E-state index contributed by atoms with van der Waals surface area (Å²) < 4.78 is 0.